The van der Waals surface area contributed by atoms with Crippen molar-refractivity contribution < 1.29 is 24.2 Å². The number of Topliss-reactive ketones (excluding diaryl/α,β-unsaturated/α-hetero) is 1. The maximum Gasteiger partial charge on any atom is 0.290 e. The van der Waals surface area contributed by atoms with Gasteiger partial charge in [-0.3, -0.25) is 9.59 Å². The predicted molar refractivity (Wildman–Crippen MR) is 132 cm³/mol. The summed E-state index contributed by atoms with van der Waals surface area (Å²) < 4.78 is 11.9. The smallest absolute Gasteiger partial charge is 0.290 e. The molecule has 2 aliphatic heterocycles. The van der Waals surface area contributed by atoms with Crippen LogP contribution in [0.3, 0.4) is 0 Å². The minimum atomic E-state index is -0.639. The van der Waals surface area contributed by atoms with E-state index in [1.54, 1.807) is 23.1 Å². The number of hydrogen-bond acceptors (Lipinski definition) is 5. The molecule has 5 rings (SSSR count). The van der Waals surface area contributed by atoms with Crippen molar-refractivity contribution in [1.82, 2.24) is 4.90 Å². The molecule has 6 nitrogen and oxygen atoms in total. The average Bonchev–Trinajstić information content (AvgIpc) is 3.10. The monoisotopic (exact) mass is 495 g/mol. The van der Waals surface area contributed by atoms with Gasteiger partial charge in [0.15, 0.2) is 23.0 Å². The van der Waals surface area contributed by atoms with Crippen molar-refractivity contribution in [1.29, 1.82) is 0 Å². The fourth-order valence-corrected chi connectivity index (χ4v) is 5.73. The summed E-state index contributed by atoms with van der Waals surface area (Å²) in [6.45, 7) is 6.60. The molecule has 1 aliphatic carbocycles. The van der Waals surface area contributed by atoms with Gasteiger partial charge in [-0.15, -0.1) is 11.6 Å². The van der Waals surface area contributed by atoms with Gasteiger partial charge in [-0.05, 0) is 55.9 Å². The second-order valence-electron chi connectivity index (χ2n) is 9.82. The number of carbonyl (C=O) groups is 2. The van der Waals surface area contributed by atoms with Gasteiger partial charge >= 0.3 is 0 Å². The molecule has 1 amide bonds. The number of alkyl halides is 1. The number of carbonyl (C=O) groups excluding carboxylic acids is 2. The number of rotatable bonds is 5. The second-order valence-corrected chi connectivity index (χ2v) is 10.4. The van der Waals surface area contributed by atoms with Crippen LogP contribution in [0, 0.1) is 18.8 Å². The summed E-state index contributed by atoms with van der Waals surface area (Å²) in [5.41, 5.74) is 3.16. The normalized spacial score (nSPS) is 28.0. The van der Waals surface area contributed by atoms with Crippen molar-refractivity contribution in [2.45, 2.75) is 57.7 Å². The molecule has 2 aromatic carbocycles. The SMILES string of the molecule is CCOc1cc(C2C3=C(OC4CC(C)C(Cl)CC4C3=O)C(=O)N2Cc2ccc(C)cc2)ccc1O. The van der Waals surface area contributed by atoms with Gasteiger partial charge in [0, 0.05) is 11.9 Å². The van der Waals surface area contributed by atoms with E-state index in [9.17, 15) is 14.7 Å². The Hall–Kier alpha value is -2.99. The molecule has 1 N–H and O–H groups in total. The van der Waals surface area contributed by atoms with Crippen molar-refractivity contribution >= 4 is 23.3 Å². The van der Waals surface area contributed by atoms with Crippen molar-refractivity contribution in [2.75, 3.05) is 6.61 Å². The second kappa shape index (κ2) is 9.23. The highest BCUT2D eigenvalue weighted by Gasteiger charge is 2.53. The van der Waals surface area contributed by atoms with Crippen LogP contribution in [-0.4, -0.2) is 39.8 Å². The third-order valence-electron chi connectivity index (χ3n) is 7.38. The molecule has 0 saturated heterocycles. The minimum absolute atomic E-state index is 0.0109. The first-order chi connectivity index (χ1) is 16.8. The molecule has 0 aromatic heterocycles. The molecule has 5 atom stereocenters. The number of aromatic hydroxyl groups is 1. The lowest BCUT2D eigenvalue weighted by molar-refractivity contribution is -0.136. The van der Waals surface area contributed by atoms with E-state index in [1.807, 2.05) is 38.1 Å². The fraction of sp³-hybridized carbons (Fsp3) is 0.429. The van der Waals surface area contributed by atoms with Crippen LogP contribution in [0.4, 0.5) is 0 Å². The van der Waals surface area contributed by atoms with E-state index < -0.39 is 6.04 Å². The predicted octanol–water partition coefficient (Wildman–Crippen LogP) is 5.06. The van der Waals surface area contributed by atoms with Crippen LogP contribution in [0.25, 0.3) is 0 Å². The van der Waals surface area contributed by atoms with E-state index in [0.717, 1.165) is 11.1 Å². The van der Waals surface area contributed by atoms with Gasteiger partial charge in [0.05, 0.1) is 24.1 Å². The van der Waals surface area contributed by atoms with E-state index in [4.69, 9.17) is 21.1 Å². The van der Waals surface area contributed by atoms with E-state index in [-0.39, 0.29) is 46.5 Å². The zero-order valence-corrected chi connectivity index (χ0v) is 20.9. The number of hydrogen-bond donors (Lipinski definition) is 1. The Labute approximate surface area is 210 Å². The molecule has 35 heavy (non-hydrogen) atoms. The maximum atomic E-state index is 13.9. The zero-order valence-electron chi connectivity index (χ0n) is 20.2. The summed E-state index contributed by atoms with van der Waals surface area (Å²) in [5, 5.41) is 10.1. The number of ether oxygens (including phenoxy) is 2. The third-order valence-corrected chi connectivity index (χ3v) is 7.99. The van der Waals surface area contributed by atoms with Crippen LogP contribution >= 0.6 is 11.6 Å². The van der Waals surface area contributed by atoms with E-state index in [2.05, 4.69) is 6.92 Å². The summed E-state index contributed by atoms with van der Waals surface area (Å²) in [7, 11) is 0. The summed E-state index contributed by atoms with van der Waals surface area (Å²) in [6, 6.07) is 12.3. The molecule has 184 valence electrons. The van der Waals surface area contributed by atoms with Crippen LogP contribution in [0.1, 0.15) is 49.4 Å². The van der Waals surface area contributed by atoms with Crippen molar-refractivity contribution in [3.05, 3.63) is 70.5 Å². The summed E-state index contributed by atoms with van der Waals surface area (Å²) >= 11 is 6.55. The van der Waals surface area contributed by atoms with Crippen LogP contribution in [0.5, 0.6) is 11.5 Å². The Morgan fingerprint density at radius 3 is 2.60 bits per heavy atom. The van der Waals surface area contributed by atoms with E-state index in [1.165, 1.54) is 0 Å². The minimum Gasteiger partial charge on any atom is -0.504 e. The highest BCUT2D eigenvalue weighted by atomic mass is 35.5. The molecule has 0 spiro atoms. The van der Waals surface area contributed by atoms with Gasteiger partial charge < -0.3 is 19.5 Å². The van der Waals surface area contributed by atoms with Crippen molar-refractivity contribution in [3.8, 4) is 11.5 Å². The largest absolute Gasteiger partial charge is 0.504 e. The Kier molecular flexibility index (Phi) is 6.26. The number of ketones is 1. The molecule has 1 saturated carbocycles. The molecular formula is C28H30ClNO5. The molecule has 3 aliphatic rings. The van der Waals surface area contributed by atoms with E-state index in [0.29, 0.717) is 42.9 Å². The standard InChI is InChI=1S/C28H30ClNO5/c1-4-34-23-12-18(9-10-21(23)31)25-24-26(32)19-13-20(29)16(3)11-22(19)35-27(24)28(33)30(25)14-17-7-5-15(2)6-8-17/h5-10,12,16,19-20,22,25,31H,4,11,13-14H2,1-3H3. The molecular weight excluding hydrogens is 466 g/mol. The quantitative estimate of drug-likeness (QED) is 0.587. The number of halogens is 1. The highest BCUT2D eigenvalue weighted by Crippen LogP contribution is 2.49. The van der Waals surface area contributed by atoms with Crippen molar-refractivity contribution in [2.24, 2.45) is 11.8 Å². The van der Waals surface area contributed by atoms with Gasteiger partial charge in [-0.1, -0.05) is 42.8 Å². The number of amides is 1. The van der Waals surface area contributed by atoms with Crippen LogP contribution < -0.4 is 4.74 Å². The van der Waals surface area contributed by atoms with Gasteiger partial charge in [0.25, 0.3) is 5.91 Å². The first-order valence-corrected chi connectivity index (χ1v) is 12.6. The van der Waals surface area contributed by atoms with Crippen molar-refractivity contribution in [3.63, 3.8) is 0 Å². The Bertz CT molecular complexity index is 1190. The number of nitrogens with zero attached hydrogens (tertiary/aromatic N) is 1. The lowest BCUT2D eigenvalue weighted by atomic mass is 9.74. The lowest BCUT2D eigenvalue weighted by Crippen LogP contribution is -2.44. The number of phenols is 1. The third kappa shape index (κ3) is 4.18. The Morgan fingerprint density at radius 2 is 1.89 bits per heavy atom. The number of benzene rings is 2. The number of phenolic OH excluding ortho intramolecular Hbond substituents is 1. The van der Waals surface area contributed by atoms with Crippen LogP contribution in [0.2, 0.25) is 0 Å². The molecule has 0 radical (unpaired) electrons. The maximum absolute atomic E-state index is 13.9. The van der Waals surface area contributed by atoms with E-state index >= 15 is 0 Å². The van der Waals surface area contributed by atoms with Crippen LogP contribution in [0.15, 0.2) is 53.8 Å². The zero-order chi connectivity index (χ0) is 24.9. The number of fused-ring (bicyclic) bond motifs is 1. The Balaban J connectivity index is 1.59. The highest BCUT2D eigenvalue weighted by molar-refractivity contribution is 6.21. The molecule has 0 bridgehead atoms. The summed E-state index contributed by atoms with van der Waals surface area (Å²) in [5.74, 6) is -0.0404. The molecule has 7 heteroatoms. The van der Waals surface area contributed by atoms with Gasteiger partial charge in [-0.2, -0.15) is 0 Å². The first-order valence-electron chi connectivity index (χ1n) is 12.2. The first kappa shape index (κ1) is 23.7. The van der Waals surface area contributed by atoms with Gasteiger partial charge in [0.1, 0.15) is 6.10 Å². The topological polar surface area (TPSA) is 76.1 Å². The van der Waals surface area contributed by atoms with Crippen LogP contribution in [-0.2, 0) is 20.9 Å². The molecule has 2 aromatic rings. The number of aryl methyl sites for hydroxylation is 1. The summed E-state index contributed by atoms with van der Waals surface area (Å²) in [6.07, 6.45) is 0.834. The fourth-order valence-electron chi connectivity index (χ4n) is 5.44. The Morgan fingerprint density at radius 1 is 1.14 bits per heavy atom. The van der Waals surface area contributed by atoms with Gasteiger partial charge in [0.2, 0.25) is 0 Å². The molecule has 1 fully saturated rings. The molecule has 2 heterocycles. The van der Waals surface area contributed by atoms with Gasteiger partial charge in [-0.25, -0.2) is 0 Å². The molecule has 5 unspecified atom stereocenters. The lowest BCUT2D eigenvalue weighted by Gasteiger charge is -2.40. The summed E-state index contributed by atoms with van der Waals surface area (Å²) in [4.78, 5) is 29.3. The average molecular weight is 496 g/mol.